The van der Waals surface area contributed by atoms with Gasteiger partial charge < -0.3 is 11.1 Å². The molecule has 0 aliphatic rings. The van der Waals surface area contributed by atoms with Gasteiger partial charge in [-0.25, -0.2) is 0 Å². The fourth-order valence-corrected chi connectivity index (χ4v) is 1.85. The third-order valence-electron chi connectivity index (χ3n) is 2.53. The second-order valence-corrected chi connectivity index (χ2v) is 6.15. The van der Waals surface area contributed by atoms with Crippen molar-refractivity contribution < 1.29 is 18.0 Å². The van der Waals surface area contributed by atoms with E-state index >= 15 is 0 Å². The lowest BCUT2D eigenvalue weighted by Gasteiger charge is -2.22. The largest absolute Gasteiger partial charge is 0.389 e. The lowest BCUT2D eigenvalue weighted by molar-refractivity contribution is -0.135. The van der Waals surface area contributed by atoms with E-state index in [1.165, 1.54) is 0 Å². The molecule has 0 radical (unpaired) electrons. The van der Waals surface area contributed by atoms with Gasteiger partial charge in [-0.15, -0.1) is 0 Å². The van der Waals surface area contributed by atoms with E-state index in [0.29, 0.717) is 6.42 Å². The summed E-state index contributed by atoms with van der Waals surface area (Å²) in [4.78, 5) is 11.5. The molecule has 0 heterocycles. The van der Waals surface area contributed by atoms with E-state index in [9.17, 15) is 18.0 Å². The van der Waals surface area contributed by atoms with Crippen molar-refractivity contribution in [3.05, 3.63) is 0 Å². The van der Waals surface area contributed by atoms with Gasteiger partial charge in [-0.3, -0.25) is 4.79 Å². The van der Waals surface area contributed by atoms with Gasteiger partial charge in [0.2, 0.25) is 5.91 Å². The summed E-state index contributed by atoms with van der Waals surface area (Å²) in [5.41, 5.74) is 5.90. The minimum atomic E-state index is -4.11. The van der Waals surface area contributed by atoms with Crippen LogP contribution in [0, 0.1) is 5.41 Å². The zero-order valence-electron chi connectivity index (χ0n) is 11.9. The Morgan fingerprint density at radius 3 is 2.26 bits per heavy atom. The Balaban J connectivity index is 3.65. The van der Waals surface area contributed by atoms with Crippen LogP contribution in [-0.4, -0.2) is 24.7 Å². The van der Waals surface area contributed by atoms with Gasteiger partial charge in [-0.05, 0) is 24.7 Å². The molecule has 0 fully saturated rings. The van der Waals surface area contributed by atoms with E-state index < -0.39 is 12.6 Å². The van der Waals surface area contributed by atoms with Gasteiger partial charge >= 0.3 is 6.18 Å². The molecule has 0 saturated heterocycles. The third kappa shape index (κ3) is 13.5. The van der Waals surface area contributed by atoms with Crippen molar-refractivity contribution in [3.63, 3.8) is 0 Å². The Labute approximate surface area is 113 Å². The summed E-state index contributed by atoms with van der Waals surface area (Å²) in [5, 5.41) is 2.60. The summed E-state index contributed by atoms with van der Waals surface area (Å²) >= 11 is 0. The quantitative estimate of drug-likeness (QED) is 0.705. The number of nitrogens with one attached hydrogen (secondary N) is 1. The van der Waals surface area contributed by atoms with Crippen LogP contribution < -0.4 is 11.1 Å². The highest BCUT2D eigenvalue weighted by Gasteiger charge is 2.25. The Kier molecular flexibility index (Phi) is 7.41. The molecule has 3 N–H and O–H groups in total. The topological polar surface area (TPSA) is 55.1 Å². The molecule has 0 aliphatic carbocycles. The first-order chi connectivity index (χ1) is 8.49. The summed E-state index contributed by atoms with van der Waals surface area (Å²) in [6, 6.07) is -0.213. The standard InChI is InChI=1S/C13H25F3N2O/c1-12(2,3)9-10(17)8-11(19)18-7-5-4-6-13(14,15)16/h10H,4-9,17H2,1-3H3,(H,18,19). The first-order valence-electron chi connectivity index (χ1n) is 6.59. The van der Waals surface area contributed by atoms with Crippen LogP contribution in [0.5, 0.6) is 0 Å². The Morgan fingerprint density at radius 1 is 1.21 bits per heavy atom. The molecular weight excluding hydrogens is 257 g/mol. The Morgan fingerprint density at radius 2 is 1.79 bits per heavy atom. The number of nitrogens with two attached hydrogens (primary N) is 1. The maximum atomic E-state index is 11.9. The van der Waals surface area contributed by atoms with Crippen molar-refractivity contribution in [3.8, 4) is 0 Å². The number of unbranched alkanes of at least 4 members (excludes halogenated alkanes) is 1. The van der Waals surface area contributed by atoms with Gasteiger partial charge in [-0.2, -0.15) is 13.2 Å². The van der Waals surface area contributed by atoms with Crippen LogP contribution in [-0.2, 0) is 4.79 Å². The van der Waals surface area contributed by atoms with Gasteiger partial charge in [-0.1, -0.05) is 20.8 Å². The molecule has 1 amide bonds. The highest BCUT2D eigenvalue weighted by molar-refractivity contribution is 5.76. The van der Waals surface area contributed by atoms with Crippen molar-refractivity contribution in [2.75, 3.05) is 6.54 Å². The molecule has 114 valence electrons. The van der Waals surface area contributed by atoms with Crippen LogP contribution in [0.3, 0.4) is 0 Å². The smallest absolute Gasteiger partial charge is 0.356 e. The molecule has 0 aliphatic heterocycles. The van der Waals surface area contributed by atoms with E-state index in [1.807, 2.05) is 20.8 Å². The fraction of sp³-hybridized carbons (Fsp3) is 0.923. The van der Waals surface area contributed by atoms with Crippen LogP contribution in [0.2, 0.25) is 0 Å². The molecule has 1 atom stereocenters. The van der Waals surface area contributed by atoms with Crippen LogP contribution in [0.4, 0.5) is 13.2 Å². The number of carbonyl (C=O) groups excluding carboxylic acids is 1. The normalized spacial score (nSPS) is 14.3. The maximum absolute atomic E-state index is 11.9. The number of rotatable bonds is 7. The van der Waals surface area contributed by atoms with Crippen molar-refractivity contribution in [2.24, 2.45) is 11.1 Å². The number of amides is 1. The summed E-state index contributed by atoms with van der Waals surface area (Å²) in [7, 11) is 0. The molecule has 0 bridgehead atoms. The highest BCUT2D eigenvalue weighted by Crippen LogP contribution is 2.22. The molecule has 0 spiro atoms. The summed E-state index contributed by atoms with van der Waals surface area (Å²) in [5.74, 6) is -0.191. The van der Waals surface area contributed by atoms with Crippen LogP contribution in [0.1, 0.15) is 52.9 Å². The van der Waals surface area contributed by atoms with Crippen LogP contribution in [0.25, 0.3) is 0 Å². The zero-order chi connectivity index (χ0) is 15.1. The number of carbonyl (C=O) groups is 1. The van der Waals surface area contributed by atoms with Crippen molar-refractivity contribution in [1.82, 2.24) is 5.32 Å². The first kappa shape index (κ1) is 18.2. The SMILES string of the molecule is CC(C)(C)CC(N)CC(=O)NCCCCC(F)(F)F. The summed E-state index contributed by atoms with van der Waals surface area (Å²) in [6.45, 7) is 6.41. The molecule has 0 aromatic rings. The van der Waals surface area contributed by atoms with Gasteiger partial charge in [0.15, 0.2) is 0 Å². The highest BCUT2D eigenvalue weighted by atomic mass is 19.4. The molecule has 19 heavy (non-hydrogen) atoms. The van der Waals surface area contributed by atoms with E-state index in [4.69, 9.17) is 5.73 Å². The van der Waals surface area contributed by atoms with Gasteiger partial charge in [0.05, 0.1) is 0 Å². The van der Waals surface area contributed by atoms with Crippen molar-refractivity contribution in [1.29, 1.82) is 0 Å². The number of hydrogen-bond donors (Lipinski definition) is 2. The van der Waals surface area contributed by atoms with E-state index in [1.54, 1.807) is 0 Å². The zero-order valence-corrected chi connectivity index (χ0v) is 11.9. The van der Waals surface area contributed by atoms with E-state index in [0.717, 1.165) is 6.42 Å². The Hall–Kier alpha value is -0.780. The lowest BCUT2D eigenvalue weighted by Crippen LogP contribution is -2.34. The third-order valence-corrected chi connectivity index (χ3v) is 2.53. The molecule has 3 nitrogen and oxygen atoms in total. The molecular formula is C13H25F3N2O. The fourth-order valence-electron chi connectivity index (χ4n) is 1.85. The van der Waals surface area contributed by atoms with Gasteiger partial charge in [0, 0.05) is 25.4 Å². The summed E-state index contributed by atoms with van der Waals surface area (Å²) in [6.07, 6.45) is -3.59. The second kappa shape index (κ2) is 7.72. The Bertz CT molecular complexity index is 272. The average Bonchev–Trinajstić information content (AvgIpc) is 2.11. The number of hydrogen-bond acceptors (Lipinski definition) is 2. The van der Waals surface area contributed by atoms with Gasteiger partial charge in [0.1, 0.15) is 0 Å². The number of alkyl halides is 3. The first-order valence-corrected chi connectivity index (χ1v) is 6.59. The van der Waals surface area contributed by atoms with Crippen molar-refractivity contribution >= 4 is 5.91 Å². The average molecular weight is 282 g/mol. The maximum Gasteiger partial charge on any atom is 0.389 e. The molecule has 0 rings (SSSR count). The minimum absolute atomic E-state index is 0.0395. The molecule has 6 heteroatoms. The lowest BCUT2D eigenvalue weighted by atomic mass is 9.87. The van der Waals surface area contributed by atoms with Crippen LogP contribution >= 0.6 is 0 Å². The monoisotopic (exact) mass is 282 g/mol. The van der Waals surface area contributed by atoms with Crippen molar-refractivity contribution in [2.45, 2.75) is 65.1 Å². The predicted octanol–water partition coefficient (Wildman–Crippen LogP) is 2.99. The number of halogens is 3. The minimum Gasteiger partial charge on any atom is -0.356 e. The second-order valence-electron chi connectivity index (χ2n) is 6.15. The molecule has 1 unspecified atom stereocenters. The van der Waals surface area contributed by atoms with E-state index in [2.05, 4.69) is 5.32 Å². The molecule has 0 aromatic carbocycles. The van der Waals surface area contributed by atoms with Crippen LogP contribution in [0.15, 0.2) is 0 Å². The molecule has 0 aromatic heterocycles. The van der Waals surface area contributed by atoms with E-state index in [-0.39, 0.29) is 36.8 Å². The van der Waals surface area contributed by atoms with Gasteiger partial charge in [0.25, 0.3) is 0 Å². The predicted molar refractivity (Wildman–Crippen MR) is 69.6 cm³/mol. The summed E-state index contributed by atoms with van der Waals surface area (Å²) < 4.78 is 35.6. The molecule has 0 saturated carbocycles.